The van der Waals surface area contributed by atoms with Gasteiger partial charge in [-0.05, 0) is 35.8 Å². The molecule has 0 saturated heterocycles. The zero-order valence-corrected chi connectivity index (χ0v) is 11.0. The summed E-state index contributed by atoms with van der Waals surface area (Å²) < 4.78 is 0. The maximum atomic E-state index is 9.99. The summed E-state index contributed by atoms with van der Waals surface area (Å²) in [7, 11) is 0. The lowest BCUT2D eigenvalue weighted by Gasteiger charge is -2.10. The fourth-order valence-corrected chi connectivity index (χ4v) is 2.10. The average Bonchev–Trinajstić information content (AvgIpc) is 2.40. The Kier molecular flexibility index (Phi) is 4.06. The molecule has 0 aromatic heterocycles. The number of hydrogen-bond acceptors (Lipinski definition) is 1. The number of allylic oxidation sites excluding steroid dienone is 1. The van der Waals surface area contributed by atoms with Gasteiger partial charge in [0.25, 0.3) is 0 Å². The Morgan fingerprint density at radius 3 is 2.56 bits per heavy atom. The minimum Gasteiger partial charge on any atom is -0.507 e. The normalized spacial score (nSPS) is 11.6. The van der Waals surface area contributed by atoms with Crippen LogP contribution in [0.1, 0.15) is 24.5 Å². The molecule has 1 N–H and O–H groups in total. The van der Waals surface area contributed by atoms with Gasteiger partial charge in [0, 0.05) is 10.6 Å². The molecule has 92 valence electrons. The summed E-state index contributed by atoms with van der Waals surface area (Å²) in [4.78, 5) is 0. The molecule has 0 amide bonds. The maximum absolute atomic E-state index is 9.99. The maximum Gasteiger partial charge on any atom is 0.123 e. The van der Waals surface area contributed by atoms with E-state index in [0.29, 0.717) is 5.02 Å². The van der Waals surface area contributed by atoms with E-state index in [1.807, 2.05) is 30.3 Å². The highest BCUT2D eigenvalue weighted by molar-refractivity contribution is 6.30. The topological polar surface area (TPSA) is 20.2 Å². The summed E-state index contributed by atoms with van der Waals surface area (Å²) in [6, 6.07) is 15.1. The molecule has 0 aliphatic carbocycles. The van der Waals surface area contributed by atoms with Gasteiger partial charge in [-0.15, -0.1) is 0 Å². The van der Waals surface area contributed by atoms with Gasteiger partial charge in [-0.3, -0.25) is 0 Å². The number of rotatable bonds is 3. The van der Waals surface area contributed by atoms with Gasteiger partial charge in [-0.25, -0.2) is 0 Å². The van der Waals surface area contributed by atoms with E-state index in [0.717, 1.165) is 23.1 Å². The van der Waals surface area contributed by atoms with E-state index in [1.165, 1.54) is 0 Å². The Morgan fingerprint density at radius 2 is 1.89 bits per heavy atom. The summed E-state index contributed by atoms with van der Waals surface area (Å²) in [5, 5.41) is 10.6. The first-order chi connectivity index (χ1) is 8.72. The molecule has 0 bridgehead atoms. The van der Waals surface area contributed by atoms with Crippen molar-refractivity contribution in [3.8, 4) is 5.75 Å². The minimum atomic E-state index is 0.253. The molecule has 18 heavy (non-hydrogen) atoms. The van der Waals surface area contributed by atoms with Crippen LogP contribution in [0.25, 0.3) is 5.57 Å². The van der Waals surface area contributed by atoms with Gasteiger partial charge in [-0.2, -0.15) is 0 Å². The third kappa shape index (κ3) is 2.74. The molecule has 2 aromatic rings. The predicted molar refractivity (Wildman–Crippen MR) is 76.9 cm³/mol. The van der Waals surface area contributed by atoms with Gasteiger partial charge >= 0.3 is 0 Å². The van der Waals surface area contributed by atoms with Gasteiger partial charge in [-0.1, -0.05) is 54.9 Å². The van der Waals surface area contributed by atoms with Crippen molar-refractivity contribution in [2.75, 3.05) is 0 Å². The van der Waals surface area contributed by atoms with Crippen LogP contribution in [0.4, 0.5) is 0 Å². The molecule has 0 unspecified atom stereocenters. The summed E-state index contributed by atoms with van der Waals surface area (Å²) in [5.41, 5.74) is 2.87. The van der Waals surface area contributed by atoms with Crippen LogP contribution in [-0.2, 0) is 0 Å². The smallest absolute Gasteiger partial charge is 0.123 e. The SMILES string of the molecule is CC/C=C(\c1ccccc1)c1cc(Cl)ccc1O. The van der Waals surface area contributed by atoms with Crippen LogP contribution in [0, 0.1) is 0 Å². The van der Waals surface area contributed by atoms with E-state index in [1.54, 1.807) is 18.2 Å². The third-order valence-electron chi connectivity index (χ3n) is 2.74. The number of phenols is 1. The molecular weight excluding hydrogens is 244 g/mol. The monoisotopic (exact) mass is 258 g/mol. The van der Waals surface area contributed by atoms with Gasteiger partial charge in [0.05, 0.1) is 0 Å². The second-order valence-electron chi connectivity index (χ2n) is 4.05. The Hall–Kier alpha value is -1.73. The molecule has 0 radical (unpaired) electrons. The summed E-state index contributed by atoms with van der Waals surface area (Å²) in [5.74, 6) is 0.253. The average molecular weight is 259 g/mol. The highest BCUT2D eigenvalue weighted by Crippen LogP contribution is 2.32. The highest BCUT2D eigenvalue weighted by Gasteiger charge is 2.09. The van der Waals surface area contributed by atoms with Crippen molar-refractivity contribution in [3.05, 3.63) is 70.8 Å². The minimum absolute atomic E-state index is 0.253. The molecule has 0 atom stereocenters. The zero-order valence-electron chi connectivity index (χ0n) is 10.2. The zero-order chi connectivity index (χ0) is 13.0. The van der Waals surface area contributed by atoms with Crippen LogP contribution in [0.15, 0.2) is 54.6 Å². The summed E-state index contributed by atoms with van der Waals surface area (Å²) in [6.07, 6.45) is 3.00. The summed E-state index contributed by atoms with van der Waals surface area (Å²) >= 11 is 6.01. The first-order valence-electron chi connectivity index (χ1n) is 5.97. The van der Waals surface area contributed by atoms with Crippen LogP contribution in [0.2, 0.25) is 5.02 Å². The van der Waals surface area contributed by atoms with Crippen LogP contribution in [-0.4, -0.2) is 5.11 Å². The van der Waals surface area contributed by atoms with Crippen molar-refractivity contribution in [1.82, 2.24) is 0 Å². The molecule has 0 fully saturated rings. The van der Waals surface area contributed by atoms with E-state index in [-0.39, 0.29) is 5.75 Å². The van der Waals surface area contributed by atoms with E-state index in [9.17, 15) is 5.11 Å². The highest BCUT2D eigenvalue weighted by atomic mass is 35.5. The molecule has 0 saturated carbocycles. The Morgan fingerprint density at radius 1 is 1.17 bits per heavy atom. The number of halogens is 1. The van der Waals surface area contributed by atoms with Crippen molar-refractivity contribution >= 4 is 17.2 Å². The van der Waals surface area contributed by atoms with Crippen molar-refractivity contribution in [3.63, 3.8) is 0 Å². The van der Waals surface area contributed by atoms with Crippen molar-refractivity contribution in [2.24, 2.45) is 0 Å². The fourth-order valence-electron chi connectivity index (χ4n) is 1.93. The fraction of sp³-hybridized carbons (Fsp3) is 0.125. The van der Waals surface area contributed by atoms with E-state index >= 15 is 0 Å². The molecule has 0 aliphatic heterocycles. The largest absolute Gasteiger partial charge is 0.507 e. The lowest BCUT2D eigenvalue weighted by molar-refractivity contribution is 0.473. The van der Waals surface area contributed by atoms with Crippen molar-refractivity contribution in [1.29, 1.82) is 0 Å². The number of aromatic hydroxyl groups is 1. The molecule has 0 spiro atoms. The van der Waals surface area contributed by atoms with E-state index in [4.69, 9.17) is 11.6 Å². The van der Waals surface area contributed by atoms with Crippen molar-refractivity contribution < 1.29 is 5.11 Å². The van der Waals surface area contributed by atoms with Gasteiger partial charge in [0.15, 0.2) is 0 Å². The van der Waals surface area contributed by atoms with E-state index < -0.39 is 0 Å². The molecular formula is C16H15ClO. The lowest BCUT2D eigenvalue weighted by Crippen LogP contribution is -1.89. The molecule has 1 nitrogen and oxygen atoms in total. The summed E-state index contributed by atoms with van der Waals surface area (Å²) in [6.45, 7) is 2.07. The van der Waals surface area contributed by atoms with E-state index in [2.05, 4.69) is 13.0 Å². The van der Waals surface area contributed by atoms with Gasteiger partial charge in [0.1, 0.15) is 5.75 Å². The number of phenolic OH excluding ortho intramolecular Hbond substituents is 1. The van der Waals surface area contributed by atoms with Gasteiger partial charge in [0.2, 0.25) is 0 Å². The van der Waals surface area contributed by atoms with Gasteiger partial charge < -0.3 is 5.11 Å². The second kappa shape index (κ2) is 5.74. The molecule has 2 heteroatoms. The quantitative estimate of drug-likeness (QED) is 0.831. The molecule has 2 rings (SSSR count). The Balaban J connectivity index is 2.56. The lowest BCUT2D eigenvalue weighted by atomic mass is 9.96. The Labute approximate surface area is 112 Å². The predicted octanol–water partition coefficient (Wildman–Crippen LogP) is 4.89. The van der Waals surface area contributed by atoms with Crippen LogP contribution in [0.5, 0.6) is 5.75 Å². The number of hydrogen-bond donors (Lipinski definition) is 1. The molecule has 0 heterocycles. The second-order valence-corrected chi connectivity index (χ2v) is 4.49. The molecule has 2 aromatic carbocycles. The molecule has 0 aliphatic rings. The first kappa shape index (κ1) is 12.7. The first-order valence-corrected chi connectivity index (χ1v) is 6.34. The van der Waals surface area contributed by atoms with Crippen LogP contribution >= 0.6 is 11.6 Å². The van der Waals surface area contributed by atoms with Crippen molar-refractivity contribution in [2.45, 2.75) is 13.3 Å². The number of benzene rings is 2. The van der Waals surface area contributed by atoms with Crippen LogP contribution in [0.3, 0.4) is 0 Å². The van der Waals surface area contributed by atoms with Crippen LogP contribution < -0.4 is 0 Å². The third-order valence-corrected chi connectivity index (χ3v) is 2.98. The standard InChI is InChI=1S/C16H15ClO/c1-2-6-14(12-7-4-3-5-8-12)15-11-13(17)9-10-16(15)18/h3-11,18H,2H2,1H3/b14-6+. The Bertz CT molecular complexity index is 559.